The van der Waals surface area contributed by atoms with E-state index in [0.29, 0.717) is 40.7 Å². The summed E-state index contributed by atoms with van der Waals surface area (Å²) in [5.74, 6) is -1.86. The van der Waals surface area contributed by atoms with Gasteiger partial charge < -0.3 is 25.3 Å². The minimum Gasteiger partial charge on any atom is -0.466 e. The van der Waals surface area contributed by atoms with Gasteiger partial charge in [-0.25, -0.2) is 9.59 Å². The number of ether oxygens (including phenoxy) is 3. The topological polar surface area (TPSA) is 154 Å². The van der Waals surface area contributed by atoms with E-state index >= 15 is 0 Å². The van der Waals surface area contributed by atoms with E-state index in [0.717, 1.165) is 0 Å². The third-order valence-electron chi connectivity index (χ3n) is 5.31. The average molecular weight is 573 g/mol. The molecule has 1 atom stereocenters. The molecule has 0 radical (unpaired) electrons. The van der Waals surface area contributed by atoms with Crippen molar-refractivity contribution in [3.05, 3.63) is 87.7 Å². The molecule has 1 unspecified atom stereocenters. The summed E-state index contributed by atoms with van der Waals surface area (Å²) in [5.41, 5.74) is 7.70. The zero-order valence-corrected chi connectivity index (χ0v) is 22.8. The molecule has 3 rings (SSSR count). The van der Waals surface area contributed by atoms with Gasteiger partial charge in [0.1, 0.15) is 0 Å². The van der Waals surface area contributed by atoms with E-state index < -0.39 is 28.0 Å². The standard InChI is InChI=1S/C20H25ClN2O5.C6H6O3S/c1-4-28-20(25)18-15(11-27-10-9-22)23-12(2)16(19(24)26-3)17(18)13-7-5-6-8-14(13)21;7-10(8,9)6-4-2-1-3-5-6/h5-8,17,23H,4,9-11,22H2,1-3H3;1-5H,(H,7,8,9)/i5+1,6+1,7+1,8+1,13+1,14+1;. The monoisotopic (exact) mass is 572 g/mol. The first-order valence-electron chi connectivity index (χ1n) is 11.6. The van der Waals surface area contributed by atoms with E-state index in [4.69, 9.17) is 36.1 Å². The summed E-state index contributed by atoms with van der Waals surface area (Å²) in [6, 6.07) is 14.5. The van der Waals surface area contributed by atoms with Crippen LogP contribution in [0.5, 0.6) is 0 Å². The number of halogens is 1. The first-order chi connectivity index (χ1) is 18.1. The number of hydrogen-bond acceptors (Lipinski definition) is 9. The highest BCUT2D eigenvalue weighted by atomic mass is 35.5. The molecule has 0 amide bonds. The number of hydrogen-bond donors (Lipinski definition) is 3. The second-order valence-electron chi connectivity index (χ2n) is 7.85. The van der Waals surface area contributed by atoms with Crippen LogP contribution in [0.2, 0.25) is 5.02 Å². The van der Waals surface area contributed by atoms with Gasteiger partial charge >= 0.3 is 11.9 Å². The fourth-order valence-electron chi connectivity index (χ4n) is 3.71. The van der Waals surface area contributed by atoms with Crippen LogP contribution >= 0.6 is 11.6 Å². The zero-order chi connectivity index (χ0) is 28.3. The maximum absolute atomic E-state index is 12.9. The van der Waals surface area contributed by atoms with Crippen molar-refractivity contribution in [1.29, 1.82) is 0 Å². The van der Waals surface area contributed by atoms with Crippen LogP contribution < -0.4 is 11.1 Å². The van der Waals surface area contributed by atoms with Crippen molar-refractivity contribution >= 4 is 33.7 Å². The van der Waals surface area contributed by atoms with Crippen LogP contribution in [0.25, 0.3) is 0 Å². The van der Waals surface area contributed by atoms with Gasteiger partial charge in [0.05, 0.1) is 54.6 Å². The number of nitrogens with one attached hydrogen (secondary N) is 1. The maximum Gasteiger partial charge on any atom is 0.336 e. The fraction of sp³-hybridized carbons (Fsp3) is 0.308. The smallest absolute Gasteiger partial charge is 0.336 e. The summed E-state index contributed by atoms with van der Waals surface area (Å²) in [6.07, 6.45) is 0. The Balaban J connectivity index is 0.000000423. The maximum atomic E-state index is 12.9. The Labute approximate surface area is 227 Å². The molecular weight excluding hydrogens is 542 g/mol. The summed E-state index contributed by atoms with van der Waals surface area (Å²) >= 11 is 6.42. The first kappa shape index (κ1) is 31.0. The molecule has 12 heteroatoms. The number of rotatable bonds is 9. The van der Waals surface area contributed by atoms with Gasteiger partial charge in [0.2, 0.25) is 0 Å². The van der Waals surface area contributed by atoms with Gasteiger partial charge in [-0.05, 0) is 37.6 Å². The van der Waals surface area contributed by atoms with Gasteiger partial charge in [0, 0.05) is 17.3 Å². The lowest BCUT2D eigenvalue weighted by Crippen LogP contribution is -2.35. The van der Waals surface area contributed by atoms with Crippen LogP contribution in [0.1, 0.15) is 25.3 Å². The molecule has 1 heterocycles. The molecule has 2 aromatic carbocycles. The molecule has 2 aromatic rings. The Kier molecular flexibility index (Phi) is 11.9. The lowest BCUT2D eigenvalue weighted by atomic mass is 9.89. The van der Waals surface area contributed by atoms with Crippen molar-refractivity contribution in [2.75, 3.05) is 33.5 Å². The number of esters is 2. The van der Waals surface area contributed by atoms with Crippen LogP contribution in [0, 0.1) is 0 Å². The summed E-state index contributed by atoms with van der Waals surface area (Å²) in [4.78, 5) is 25.4. The summed E-state index contributed by atoms with van der Waals surface area (Å²) in [5, 5.41) is 3.52. The van der Waals surface area contributed by atoms with Crippen LogP contribution in [0.3, 0.4) is 0 Å². The molecule has 0 saturated carbocycles. The molecule has 0 fully saturated rings. The number of dihydropyridines is 1. The van der Waals surface area contributed by atoms with Crippen LogP contribution in [-0.4, -0.2) is 58.4 Å². The lowest BCUT2D eigenvalue weighted by molar-refractivity contribution is -0.139. The van der Waals surface area contributed by atoms with Gasteiger partial charge in [-0.1, -0.05) is 48.0 Å². The zero-order valence-electron chi connectivity index (χ0n) is 21.3. The number of benzene rings is 2. The highest BCUT2D eigenvalue weighted by Crippen LogP contribution is 2.41. The minimum atomic E-state index is -4.00. The quantitative estimate of drug-likeness (QED) is 0.232. The Morgan fingerprint density at radius 3 is 2.21 bits per heavy atom. The molecule has 0 aromatic heterocycles. The number of carbonyl (C=O) groups is 2. The molecule has 0 saturated heterocycles. The normalized spacial score (nSPS) is 15.3. The van der Waals surface area contributed by atoms with E-state index in [2.05, 4.69) is 5.32 Å². The third kappa shape index (κ3) is 8.14. The lowest BCUT2D eigenvalue weighted by Gasteiger charge is -2.31. The van der Waals surface area contributed by atoms with Crippen LogP contribution in [0.4, 0.5) is 0 Å². The predicted molar refractivity (Wildman–Crippen MR) is 142 cm³/mol. The molecule has 4 N–H and O–H groups in total. The van der Waals surface area contributed by atoms with E-state index in [-0.39, 0.29) is 23.7 Å². The summed E-state index contributed by atoms with van der Waals surface area (Å²) < 4.78 is 45.0. The van der Waals surface area contributed by atoms with Crippen molar-refractivity contribution in [2.24, 2.45) is 5.73 Å². The Hall–Kier alpha value is -3.22. The number of methoxy groups -OCH3 is 1. The van der Waals surface area contributed by atoms with Crippen molar-refractivity contribution < 1.29 is 36.8 Å². The summed E-state index contributed by atoms with van der Waals surface area (Å²) in [6.45, 7) is 4.42. The van der Waals surface area contributed by atoms with Gasteiger partial charge in [-0.3, -0.25) is 4.55 Å². The Bertz CT molecular complexity index is 1290. The molecule has 38 heavy (non-hydrogen) atoms. The number of nitrogens with two attached hydrogens (primary N) is 1. The van der Waals surface area contributed by atoms with E-state index in [1.54, 1.807) is 56.3 Å². The molecule has 0 bridgehead atoms. The van der Waals surface area contributed by atoms with Crippen molar-refractivity contribution in [2.45, 2.75) is 24.7 Å². The van der Waals surface area contributed by atoms with Gasteiger partial charge in [0.15, 0.2) is 0 Å². The highest BCUT2D eigenvalue weighted by Gasteiger charge is 2.39. The third-order valence-corrected chi connectivity index (χ3v) is 6.52. The minimum absolute atomic E-state index is 0.0741. The second kappa shape index (κ2) is 14.6. The number of carbonyl (C=O) groups excluding carboxylic acids is 2. The Morgan fingerprint density at radius 2 is 1.68 bits per heavy atom. The average Bonchev–Trinajstić information content (AvgIpc) is 2.89. The molecule has 0 spiro atoms. The van der Waals surface area contributed by atoms with Crippen molar-refractivity contribution in [3.8, 4) is 0 Å². The largest absolute Gasteiger partial charge is 0.466 e. The van der Waals surface area contributed by atoms with Crippen LogP contribution in [-0.2, 0) is 33.9 Å². The molecular formula is C26H31ClN2O8S. The van der Waals surface area contributed by atoms with Gasteiger partial charge in [0.25, 0.3) is 10.1 Å². The molecule has 0 aliphatic carbocycles. The first-order valence-corrected chi connectivity index (χ1v) is 13.4. The molecule has 206 valence electrons. The van der Waals surface area contributed by atoms with Crippen LogP contribution in [0.15, 0.2) is 82.0 Å². The SMILES string of the molecule is CCOC(=O)C1=C(COCCN)NC(C)=C(C(=O)OC)C1[13c]1[13cH][13cH][13cH][13cH][13c]1Cl.O=S(=O)(O)c1ccccc1. The fourth-order valence-corrected chi connectivity index (χ4v) is 4.46. The van der Waals surface area contributed by atoms with Crippen molar-refractivity contribution in [1.82, 2.24) is 5.32 Å². The predicted octanol–water partition coefficient (Wildman–Crippen LogP) is 3.20. The van der Waals surface area contributed by atoms with Gasteiger partial charge in [-0.2, -0.15) is 8.42 Å². The van der Waals surface area contributed by atoms with Crippen molar-refractivity contribution in [3.63, 3.8) is 0 Å². The number of allylic oxidation sites excluding steroid dienone is 1. The van der Waals surface area contributed by atoms with E-state index in [1.807, 2.05) is 0 Å². The van der Waals surface area contributed by atoms with E-state index in [1.165, 1.54) is 19.2 Å². The highest BCUT2D eigenvalue weighted by molar-refractivity contribution is 7.85. The second-order valence-corrected chi connectivity index (χ2v) is 9.68. The molecule has 1 aliphatic rings. The van der Waals surface area contributed by atoms with E-state index in [9.17, 15) is 18.0 Å². The molecule has 1 aliphatic heterocycles. The summed E-state index contributed by atoms with van der Waals surface area (Å²) in [7, 11) is -2.71. The Morgan fingerprint density at radius 1 is 1.05 bits per heavy atom. The molecule has 10 nitrogen and oxygen atoms in total. The van der Waals surface area contributed by atoms with Gasteiger partial charge in [-0.15, -0.1) is 0 Å².